The molecule has 0 aliphatic heterocycles. The quantitative estimate of drug-likeness (QED) is 0.297. The maximum atomic E-state index is 13.7. The molecule has 0 heterocycles. The lowest BCUT2D eigenvalue weighted by Crippen LogP contribution is -2.49. The lowest BCUT2D eigenvalue weighted by atomic mass is 10.1. The van der Waals surface area contributed by atoms with Gasteiger partial charge in [-0.15, -0.1) is 0 Å². The molecule has 24 heavy (non-hydrogen) atoms. The second-order valence-electron chi connectivity index (χ2n) is 4.75. The Kier molecular flexibility index (Phi) is 6.97. The average molecular weight is 365 g/mol. The Morgan fingerprint density at radius 3 is 1.71 bits per heavy atom. The zero-order chi connectivity index (χ0) is 18.7. The van der Waals surface area contributed by atoms with E-state index in [0.29, 0.717) is 4.90 Å². The van der Waals surface area contributed by atoms with E-state index in [-0.39, 0.29) is 13.1 Å². The normalized spacial score (nSPS) is 13.6. The van der Waals surface area contributed by atoms with Crippen LogP contribution in [0.4, 0.5) is 35.1 Å². The molecule has 0 saturated heterocycles. The number of alkyl halides is 3. The molecule has 0 spiro atoms. The van der Waals surface area contributed by atoms with Crippen molar-refractivity contribution in [1.29, 1.82) is 0 Å². The van der Waals surface area contributed by atoms with Crippen molar-refractivity contribution in [2.75, 3.05) is 19.7 Å². The molecule has 0 saturated carbocycles. The summed E-state index contributed by atoms with van der Waals surface area (Å²) in [6, 6.07) is -4.00. The molecule has 1 unspecified atom stereocenters. The topological polar surface area (TPSA) is 12.5 Å². The summed E-state index contributed by atoms with van der Waals surface area (Å²) >= 11 is 0. The van der Waals surface area contributed by atoms with Crippen molar-refractivity contribution in [3.8, 4) is 0 Å². The van der Waals surface area contributed by atoms with E-state index in [1.807, 2.05) is 0 Å². The van der Waals surface area contributed by atoms with Gasteiger partial charge >= 0.3 is 6.05 Å². The van der Waals surface area contributed by atoms with Crippen molar-refractivity contribution < 1.29 is 39.9 Å². The number of likely N-dealkylation sites (N-methyl/N-ethyl adjacent to an activating group) is 1. The molecule has 1 atom stereocenters. The van der Waals surface area contributed by atoms with Crippen LogP contribution in [0.1, 0.15) is 19.4 Å². The number of ether oxygens (including phenoxy) is 1. The minimum absolute atomic E-state index is 0.190. The average Bonchev–Trinajstić information content (AvgIpc) is 2.54. The zero-order valence-corrected chi connectivity index (χ0v) is 12.8. The van der Waals surface area contributed by atoms with Gasteiger partial charge in [0.05, 0.1) is 6.61 Å². The smallest absolute Gasteiger partial charge is 0.342 e. The molecule has 1 aromatic rings. The summed E-state index contributed by atoms with van der Waals surface area (Å²) in [6.45, 7) is 1.34. The van der Waals surface area contributed by atoms with Crippen LogP contribution in [0.25, 0.3) is 0 Å². The van der Waals surface area contributed by atoms with Gasteiger partial charge in [-0.3, -0.25) is 0 Å². The third kappa shape index (κ3) is 3.97. The monoisotopic (exact) mass is 365 g/mol. The molecular weight excluding hydrogens is 350 g/mol. The highest BCUT2D eigenvalue weighted by molar-refractivity contribution is 5.24. The summed E-state index contributed by atoms with van der Waals surface area (Å²) in [4.78, 5) is 0.454. The first kappa shape index (κ1) is 20.6. The highest BCUT2D eigenvalue weighted by Gasteiger charge is 2.45. The molecule has 2 nitrogen and oxygen atoms in total. The van der Waals surface area contributed by atoms with E-state index in [2.05, 4.69) is 4.74 Å². The lowest BCUT2D eigenvalue weighted by Gasteiger charge is -2.31. The Hall–Kier alpha value is -1.42. The second-order valence-corrected chi connectivity index (χ2v) is 4.75. The predicted molar refractivity (Wildman–Crippen MR) is 68.7 cm³/mol. The van der Waals surface area contributed by atoms with Gasteiger partial charge in [0, 0.05) is 25.1 Å². The third-order valence-corrected chi connectivity index (χ3v) is 3.38. The molecule has 0 aliphatic rings. The summed E-state index contributed by atoms with van der Waals surface area (Å²) in [6.07, 6.45) is -4.10. The van der Waals surface area contributed by atoms with Gasteiger partial charge in [0.2, 0.25) is 5.82 Å². The minimum atomic E-state index is -4.00. The van der Waals surface area contributed by atoms with Gasteiger partial charge in [-0.05, 0) is 0 Å². The van der Waals surface area contributed by atoms with Gasteiger partial charge < -0.3 is 4.74 Å². The van der Waals surface area contributed by atoms with Gasteiger partial charge in [-0.2, -0.15) is 8.78 Å². The molecule has 1 rings (SSSR count). The molecule has 0 bridgehead atoms. The lowest BCUT2D eigenvalue weighted by molar-refractivity contribution is -0.266. The van der Waals surface area contributed by atoms with Crippen LogP contribution in [0.3, 0.4) is 0 Å². The maximum absolute atomic E-state index is 13.7. The van der Waals surface area contributed by atoms with Crippen molar-refractivity contribution in [1.82, 2.24) is 4.90 Å². The van der Waals surface area contributed by atoms with E-state index in [4.69, 9.17) is 0 Å². The van der Waals surface area contributed by atoms with Gasteiger partial charge in [-0.25, -0.2) is 31.2 Å². The van der Waals surface area contributed by atoms with Crippen LogP contribution < -0.4 is 0 Å². The number of hydrogen-bond acceptors (Lipinski definition) is 2. The van der Waals surface area contributed by atoms with Crippen LogP contribution in [0, 0.1) is 29.1 Å². The van der Waals surface area contributed by atoms with Crippen LogP contribution in [0.5, 0.6) is 0 Å². The Morgan fingerprint density at radius 2 is 1.29 bits per heavy atom. The van der Waals surface area contributed by atoms with Gasteiger partial charge in [0.1, 0.15) is 0 Å². The first-order valence-corrected chi connectivity index (χ1v) is 6.98. The molecular formula is C14H15F8NO. The highest BCUT2D eigenvalue weighted by atomic mass is 19.3. The van der Waals surface area contributed by atoms with Gasteiger partial charge in [-0.1, -0.05) is 13.8 Å². The first-order valence-electron chi connectivity index (χ1n) is 6.98. The van der Waals surface area contributed by atoms with Crippen molar-refractivity contribution in [3.63, 3.8) is 0 Å². The Labute approximate surface area is 133 Å². The molecule has 0 radical (unpaired) electrons. The van der Waals surface area contributed by atoms with E-state index >= 15 is 0 Å². The van der Waals surface area contributed by atoms with E-state index in [0.717, 1.165) is 0 Å². The Balaban J connectivity index is 2.82. The molecule has 1 aromatic carbocycles. The number of nitrogens with zero attached hydrogens (tertiary/aromatic N) is 1. The Morgan fingerprint density at radius 1 is 0.875 bits per heavy atom. The second kappa shape index (κ2) is 8.11. The van der Waals surface area contributed by atoms with Crippen molar-refractivity contribution in [3.05, 3.63) is 34.6 Å². The minimum Gasteiger partial charge on any atom is -0.342 e. The summed E-state index contributed by atoms with van der Waals surface area (Å²) in [5.74, 6) is -10.9. The first-order chi connectivity index (χ1) is 11.1. The number of halogens is 8. The van der Waals surface area contributed by atoms with Crippen LogP contribution in [0.15, 0.2) is 0 Å². The number of benzene rings is 1. The molecule has 0 amide bonds. The Bertz CT molecular complexity index is 547. The van der Waals surface area contributed by atoms with Gasteiger partial charge in [0.25, 0.3) is 6.36 Å². The van der Waals surface area contributed by atoms with Crippen molar-refractivity contribution >= 4 is 0 Å². The highest BCUT2D eigenvalue weighted by Crippen LogP contribution is 2.28. The number of hydrogen-bond donors (Lipinski definition) is 0. The SMILES string of the molecule is CCN(CC)C(F)(F)C(F)OCCc1c(F)c(F)c(F)c(F)c1F. The largest absolute Gasteiger partial charge is 0.360 e. The summed E-state index contributed by atoms with van der Waals surface area (Å²) in [7, 11) is 0. The summed E-state index contributed by atoms with van der Waals surface area (Å²) in [5.41, 5.74) is -1.26. The fourth-order valence-electron chi connectivity index (χ4n) is 2.02. The fourth-order valence-corrected chi connectivity index (χ4v) is 2.02. The van der Waals surface area contributed by atoms with Crippen LogP contribution in [-0.2, 0) is 11.2 Å². The van der Waals surface area contributed by atoms with E-state index in [1.165, 1.54) is 13.8 Å². The molecule has 138 valence electrons. The van der Waals surface area contributed by atoms with Crippen LogP contribution in [0.2, 0.25) is 0 Å². The van der Waals surface area contributed by atoms with E-state index in [1.54, 1.807) is 0 Å². The molecule has 0 N–H and O–H groups in total. The van der Waals surface area contributed by atoms with Crippen molar-refractivity contribution in [2.45, 2.75) is 32.7 Å². The molecule has 0 aliphatic carbocycles. The standard InChI is InChI=1S/C14H15F8NO/c1-3-23(4-2)14(21,22)13(20)24-6-5-7-8(15)10(17)12(19)11(18)9(7)16/h13H,3-6H2,1-2H3. The molecule has 0 aromatic heterocycles. The third-order valence-electron chi connectivity index (χ3n) is 3.38. The molecule has 10 heteroatoms. The fraction of sp³-hybridized carbons (Fsp3) is 0.571. The maximum Gasteiger partial charge on any atom is 0.360 e. The number of rotatable bonds is 8. The summed E-state index contributed by atoms with van der Waals surface area (Å²) < 4.78 is 111. The predicted octanol–water partition coefficient (Wildman–Crippen LogP) is 4.17. The summed E-state index contributed by atoms with van der Waals surface area (Å²) in [5, 5.41) is 0. The molecule has 0 fully saturated rings. The van der Waals surface area contributed by atoms with Gasteiger partial charge in [0.15, 0.2) is 23.3 Å². The van der Waals surface area contributed by atoms with E-state index in [9.17, 15) is 35.1 Å². The van der Waals surface area contributed by atoms with Crippen LogP contribution >= 0.6 is 0 Å². The van der Waals surface area contributed by atoms with Crippen LogP contribution in [-0.4, -0.2) is 37.0 Å². The zero-order valence-electron chi connectivity index (χ0n) is 12.8. The van der Waals surface area contributed by atoms with Crippen molar-refractivity contribution in [2.24, 2.45) is 0 Å². The van der Waals surface area contributed by atoms with E-state index < -0.39 is 60.1 Å².